The van der Waals surface area contributed by atoms with Gasteiger partial charge < -0.3 is 29.5 Å². The van der Waals surface area contributed by atoms with Crippen molar-refractivity contribution in [2.75, 3.05) is 6.61 Å². The predicted octanol–water partition coefficient (Wildman–Crippen LogP) is -0.460. The molecule has 6 atom stereocenters. The molecule has 0 saturated carbocycles. The van der Waals surface area contributed by atoms with Gasteiger partial charge in [-0.2, -0.15) is 0 Å². The normalized spacial score (nSPS) is 42.7. The minimum atomic E-state index is -1.42. The summed E-state index contributed by atoms with van der Waals surface area (Å²) in [4.78, 5) is 0. The molecular weight excluding hydrogens is 252 g/mol. The summed E-state index contributed by atoms with van der Waals surface area (Å²) in [7, 11) is 0. The molecule has 1 aromatic rings. The van der Waals surface area contributed by atoms with Crippen LogP contribution < -0.4 is 0 Å². The minimum absolute atomic E-state index is 0.186. The molecule has 0 radical (unpaired) electrons. The van der Waals surface area contributed by atoms with Crippen molar-refractivity contribution in [3.63, 3.8) is 0 Å². The minimum Gasteiger partial charge on any atom is -0.387 e. The number of hydrogen-bond donors (Lipinski definition) is 3. The molecule has 3 unspecified atom stereocenters. The fraction of sp³-hybridized carbons (Fsp3) is 0.538. The summed E-state index contributed by atoms with van der Waals surface area (Å²) >= 11 is 0. The molecule has 0 spiro atoms. The summed E-state index contributed by atoms with van der Waals surface area (Å²) < 4.78 is 16.3. The number of rotatable bonds is 1. The molecule has 19 heavy (non-hydrogen) atoms. The highest BCUT2D eigenvalue weighted by molar-refractivity contribution is 5.16. The molecule has 0 amide bonds. The van der Waals surface area contributed by atoms with Gasteiger partial charge in [-0.25, -0.2) is 0 Å². The Bertz CT molecular complexity index is 422. The lowest BCUT2D eigenvalue weighted by atomic mass is 9.98. The van der Waals surface area contributed by atoms with Crippen molar-refractivity contribution >= 4 is 0 Å². The van der Waals surface area contributed by atoms with E-state index in [9.17, 15) is 15.3 Å². The maximum Gasteiger partial charge on any atom is 0.184 e. The standard InChI is InChI=1S/C13H16O6/c14-9-10(15)12(16)18-8-6-17-13(19-11(8)9)7-4-2-1-3-5-7/h1-5,8-16H,6H2/t8?,9-,10?,11+,12-,13?/m1/s1. The first-order valence-corrected chi connectivity index (χ1v) is 6.18. The number of aliphatic hydroxyl groups is 3. The van der Waals surface area contributed by atoms with E-state index >= 15 is 0 Å². The Morgan fingerprint density at radius 3 is 2.42 bits per heavy atom. The number of benzene rings is 1. The smallest absolute Gasteiger partial charge is 0.184 e. The summed E-state index contributed by atoms with van der Waals surface area (Å²) in [6.07, 6.45) is -5.93. The average molecular weight is 268 g/mol. The second kappa shape index (κ2) is 5.16. The molecule has 0 aromatic heterocycles. The first kappa shape index (κ1) is 13.0. The molecular formula is C13H16O6. The summed E-state index contributed by atoms with van der Waals surface area (Å²) in [5.74, 6) is 0. The fourth-order valence-corrected chi connectivity index (χ4v) is 2.37. The second-order valence-corrected chi connectivity index (χ2v) is 4.72. The van der Waals surface area contributed by atoms with Crippen LogP contribution >= 0.6 is 0 Å². The van der Waals surface area contributed by atoms with Crippen LogP contribution in [0.2, 0.25) is 0 Å². The van der Waals surface area contributed by atoms with E-state index in [1.165, 1.54) is 0 Å². The molecule has 2 aliphatic rings. The van der Waals surface area contributed by atoms with Crippen LogP contribution in [-0.2, 0) is 14.2 Å². The molecule has 3 N–H and O–H groups in total. The van der Waals surface area contributed by atoms with Crippen LogP contribution in [0.25, 0.3) is 0 Å². The Balaban J connectivity index is 1.75. The van der Waals surface area contributed by atoms with Crippen molar-refractivity contribution < 1.29 is 29.5 Å². The first-order chi connectivity index (χ1) is 9.16. The molecule has 2 heterocycles. The molecule has 6 nitrogen and oxygen atoms in total. The van der Waals surface area contributed by atoms with Gasteiger partial charge in [-0.3, -0.25) is 0 Å². The van der Waals surface area contributed by atoms with Crippen LogP contribution in [0.5, 0.6) is 0 Å². The van der Waals surface area contributed by atoms with E-state index in [4.69, 9.17) is 14.2 Å². The lowest BCUT2D eigenvalue weighted by Crippen LogP contribution is -2.61. The molecule has 2 saturated heterocycles. The predicted molar refractivity (Wildman–Crippen MR) is 62.9 cm³/mol. The van der Waals surface area contributed by atoms with Crippen LogP contribution in [0, 0.1) is 0 Å². The van der Waals surface area contributed by atoms with E-state index in [2.05, 4.69) is 0 Å². The van der Waals surface area contributed by atoms with Gasteiger partial charge in [0.15, 0.2) is 12.6 Å². The van der Waals surface area contributed by atoms with Crippen LogP contribution in [-0.4, -0.2) is 52.6 Å². The van der Waals surface area contributed by atoms with E-state index in [0.29, 0.717) is 0 Å². The van der Waals surface area contributed by atoms with Gasteiger partial charge in [0.05, 0.1) is 6.61 Å². The summed E-state index contributed by atoms with van der Waals surface area (Å²) in [5, 5.41) is 29.0. The van der Waals surface area contributed by atoms with Crippen molar-refractivity contribution in [3.8, 4) is 0 Å². The van der Waals surface area contributed by atoms with E-state index in [1.54, 1.807) is 0 Å². The molecule has 2 fully saturated rings. The van der Waals surface area contributed by atoms with Gasteiger partial charge in [0.2, 0.25) is 0 Å². The third-order valence-corrected chi connectivity index (χ3v) is 3.42. The van der Waals surface area contributed by atoms with Crippen molar-refractivity contribution in [1.82, 2.24) is 0 Å². The first-order valence-electron chi connectivity index (χ1n) is 6.18. The Labute approximate surface area is 110 Å². The molecule has 1 aromatic carbocycles. The second-order valence-electron chi connectivity index (χ2n) is 4.72. The van der Waals surface area contributed by atoms with Crippen molar-refractivity contribution in [3.05, 3.63) is 35.9 Å². The Morgan fingerprint density at radius 1 is 0.947 bits per heavy atom. The van der Waals surface area contributed by atoms with E-state index in [-0.39, 0.29) is 6.61 Å². The highest BCUT2D eigenvalue weighted by Crippen LogP contribution is 2.33. The summed E-state index contributed by atoms with van der Waals surface area (Å²) in [6.45, 7) is 0.186. The number of fused-ring (bicyclic) bond motifs is 1. The average Bonchev–Trinajstić information content (AvgIpc) is 2.46. The van der Waals surface area contributed by atoms with E-state index in [0.717, 1.165) is 5.56 Å². The number of ether oxygens (including phenoxy) is 3. The SMILES string of the molecule is OC1[C@H](O)OC2COC(c3ccccc3)O[C@@H]2[C@@H]1O. The van der Waals surface area contributed by atoms with Crippen molar-refractivity contribution in [2.45, 2.75) is 37.0 Å². The van der Waals surface area contributed by atoms with Crippen LogP contribution in [0.3, 0.4) is 0 Å². The zero-order chi connectivity index (χ0) is 13.4. The maximum absolute atomic E-state index is 9.94. The van der Waals surface area contributed by atoms with Gasteiger partial charge >= 0.3 is 0 Å². The van der Waals surface area contributed by atoms with Gasteiger partial charge in [-0.1, -0.05) is 30.3 Å². The Morgan fingerprint density at radius 2 is 1.68 bits per heavy atom. The summed E-state index contributed by atoms with van der Waals surface area (Å²) in [5.41, 5.74) is 0.828. The van der Waals surface area contributed by atoms with Crippen molar-refractivity contribution in [2.24, 2.45) is 0 Å². The van der Waals surface area contributed by atoms with Gasteiger partial charge in [0, 0.05) is 5.56 Å². The molecule has 2 aliphatic heterocycles. The lowest BCUT2D eigenvalue weighted by Gasteiger charge is -2.45. The quantitative estimate of drug-likeness (QED) is 0.639. The highest BCUT2D eigenvalue weighted by Gasteiger charge is 2.48. The van der Waals surface area contributed by atoms with Crippen molar-refractivity contribution in [1.29, 1.82) is 0 Å². The largest absolute Gasteiger partial charge is 0.387 e. The van der Waals surface area contributed by atoms with Gasteiger partial charge in [-0.05, 0) is 0 Å². The third-order valence-electron chi connectivity index (χ3n) is 3.42. The molecule has 0 aliphatic carbocycles. The van der Waals surface area contributed by atoms with Gasteiger partial charge in [-0.15, -0.1) is 0 Å². The third kappa shape index (κ3) is 2.38. The highest BCUT2D eigenvalue weighted by atomic mass is 16.7. The lowest BCUT2D eigenvalue weighted by molar-refractivity contribution is -0.354. The van der Waals surface area contributed by atoms with Crippen LogP contribution in [0.4, 0.5) is 0 Å². The van der Waals surface area contributed by atoms with Crippen LogP contribution in [0.15, 0.2) is 30.3 Å². The molecule has 0 bridgehead atoms. The molecule has 104 valence electrons. The van der Waals surface area contributed by atoms with E-state index in [1.807, 2.05) is 30.3 Å². The zero-order valence-corrected chi connectivity index (χ0v) is 10.1. The zero-order valence-electron chi connectivity index (χ0n) is 10.1. The Hall–Kier alpha value is -1.02. The number of aliphatic hydroxyl groups excluding tert-OH is 3. The Kier molecular flexibility index (Phi) is 3.53. The topological polar surface area (TPSA) is 88.4 Å². The maximum atomic E-state index is 9.94. The number of hydrogen-bond acceptors (Lipinski definition) is 6. The monoisotopic (exact) mass is 268 g/mol. The molecule has 6 heteroatoms. The van der Waals surface area contributed by atoms with E-state index < -0.39 is 37.0 Å². The molecule has 3 rings (SSSR count). The summed E-state index contributed by atoms with van der Waals surface area (Å²) in [6, 6.07) is 9.31. The van der Waals surface area contributed by atoms with Gasteiger partial charge in [0.1, 0.15) is 24.4 Å². The van der Waals surface area contributed by atoms with Gasteiger partial charge in [0.25, 0.3) is 0 Å². The fourth-order valence-electron chi connectivity index (χ4n) is 2.37. The van der Waals surface area contributed by atoms with Crippen LogP contribution in [0.1, 0.15) is 11.9 Å².